The fourth-order valence-corrected chi connectivity index (χ4v) is 3.75. The lowest BCUT2D eigenvalue weighted by Gasteiger charge is -2.30. The van der Waals surface area contributed by atoms with E-state index in [1.165, 1.54) is 33.0 Å². The first-order chi connectivity index (χ1) is 10.4. The molecule has 0 aliphatic heterocycles. The monoisotopic (exact) mass is 292 g/mol. The first-order valence-electron chi connectivity index (χ1n) is 8.68. The Kier molecular flexibility index (Phi) is 3.89. The van der Waals surface area contributed by atoms with Gasteiger partial charge in [0.25, 0.3) is 0 Å². The van der Waals surface area contributed by atoms with Crippen molar-refractivity contribution in [3.05, 3.63) is 53.1 Å². The van der Waals surface area contributed by atoms with Gasteiger partial charge in [-0.25, -0.2) is 0 Å². The van der Waals surface area contributed by atoms with Gasteiger partial charge in [-0.1, -0.05) is 78.0 Å². The fourth-order valence-electron chi connectivity index (χ4n) is 3.75. The predicted octanol–water partition coefficient (Wildman–Crippen LogP) is 6.76. The minimum atomic E-state index is 0.540. The Hall–Kier alpha value is -1.56. The van der Waals surface area contributed by atoms with Crippen molar-refractivity contribution in [2.45, 2.75) is 53.4 Å². The van der Waals surface area contributed by atoms with Gasteiger partial charge < -0.3 is 0 Å². The molecule has 1 aliphatic carbocycles. The van der Waals surface area contributed by atoms with Gasteiger partial charge in [-0.2, -0.15) is 0 Å². The average Bonchev–Trinajstić information content (AvgIpc) is 2.46. The van der Waals surface area contributed by atoms with Crippen LogP contribution in [0.1, 0.15) is 70.1 Å². The van der Waals surface area contributed by atoms with Crippen LogP contribution in [0.5, 0.6) is 0 Å². The third-order valence-corrected chi connectivity index (χ3v) is 5.07. The largest absolute Gasteiger partial charge is 0.0726 e. The van der Waals surface area contributed by atoms with Crippen LogP contribution < -0.4 is 0 Å². The first-order valence-corrected chi connectivity index (χ1v) is 8.68. The van der Waals surface area contributed by atoms with E-state index >= 15 is 0 Å². The van der Waals surface area contributed by atoms with E-state index in [0.717, 1.165) is 0 Å². The van der Waals surface area contributed by atoms with Crippen LogP contribution in [0.25, 0.3) is 16.3 Å². The standard InChI is InChI=1S/C22H28/c1-13(2)17-10-16-8-7-9-18-19(14(3)4)12-20(15(5)6)21(11-17)22(16)18/h7-15,19H,1-6H3. The lowest BCUT2D eigenvalue weighted by Crippen LogP contribution is -2.12. The summed E-state index contributed by atoms with van der Waals surface area (Å²) in [7, 11) is 0. The molecular formula is C22H28. The van der Waals surface area contributed by atoms with Crippen molar-refractivity contribution in [1.82, 2.24) is 0 Å². The van der Waals surface area contributed by atoms with Crippen molar-refractivity contribution < 1.29 is 0 Å². The van der Waals surface area contributed by atoms with E-state index in [0.29, 0.717) is 23.7 Å². The highest BCUT2D eigenvalue weighted by Crippen LogP contribution is 2.44. The normalized spacial score (nSPS) is 17.7. The Morgan fingerprint density at radius 2 is 1.59 bits per heavy atom. The molecular weight excluding hydrogens is 264 g/mol. The van der Waals surface area contributed by atoms with Crippen molar-refractivity contribution in [2.24, 2.45) is 11.8 Å². The molecule has 1 unspecified atom stereocenters. The predicted molar refractivity (Wildman–Crippen MR) is 98.4 cm³/mol. The maximum absolute atomic E-state index is 2.54. The second kappa shape index (κ2) is 5.57. The molecule has 116 valence electrons. The summed E-state index contributed by atoms with van der Waals surface area (Å²) in [4.78, 5) is 0. The van der Waals surface area contributed by atoms with Gasteiger partial charge in [0, 0.05) is 5.92 Å². The average molecular weight is 292 g/mol. The van der Waals surface area contributed by atoms with Gasteiger partial charge in [0.05, 0.1) is 0 Å². The fraction of sp³-hybridized carbons (Fsp3) is 0.455. The van der Waals surface area contributed by atoms with Crippen LogP contribution in [0.2, 0.25) is 0 Å². The zero-order chi connectivity index (χ0) is 16.0. The van der Waals surface area contributed by atoms with Crippen molar-refractivity contribution >= 4 is 16.3 Å². The zero-order valence-corrected chi connectivity index (χ0v) is 14.8. The molecule has 0 amide bonds. The van der Waals surface area contributed by atoms with Gasteiger partial charge in [-0.15, -0.1) is 0 Å². The highest BCUT2D eigenvalue weighted by Gasteiger charge is 2.26. The Bertz CT molecular complexity index is 729. The van der Waals surface area contributed by atoms with Gasteiger partial charge in [0.1, 0.15) is 0 Å². The van der Waals surface area contributed by atoms with Gasteiger partial charge in [-0.05, 0) is 50.8 Å². The summed E-state index contributed by atoms with van der Waals surface area (Å²) >= 11 is 0. The molecule has 0 saturated carbocycles. The molecule has 1 atom stereocenters. The van der Waals surface area contributed by atoms with Crippen molar-refractivity contribution in [3.8, 4) is 0 Å². The smallest absolute Gasteiger partial charge is 0.00535 e. The maximum atomic E-state index is 2.54. The molecule has 22 heavy (non-hydrogen) atoms. The summed E-state index contributed by atoms with van der Waals surface area (Å²) in [5.41, 5.74) is 5.98. The first kappa shape index (κ1) is 15.3. The van der Waals surface area contributed by atoms with Gasteiger partial charge in [-0.3, -0.25) is 0 Å². The van der Waals surface area contributed by atoms with Crippen molar-refractivity contribution in [1.29, 1.82) is 0 Å². The van der Waals surface area contributed by atoms with Crippen LogP contribution in [-0.4, -0.2) is 0 Å². The molecule has 0 radical (unpaired) electrons. The van der Waals surface area contributed by atoms with E-state index in [9.17, 15) is 0 Å². The summed E-state index contributed by atoms with van der Waals surface area (Å²) in [5, 5.41) is 2.91. The van der Waals surface area contributed by atoms with Crippen LogP contribution in [-0.2, 0) is 0 Å². The Labute approximate surface area is 135 Å². The van der Waals surface area contributed by atoms with Crippen LogP contribution in [0, 0.1) is 11.8 Å². The molecule has 2 aromatic rings. The highest BCUT2D eigenvalue weighted by atomic mass is 14.3. The van der Waals surface area contributed by atoms with Crippen molar-refractivity contribution in [2.75, 3.05) is 0 Å². The third-order valence-electron chi connectivity index (χ3n) is 5.07. The van der Waals surface area contributed by atoms with E-state index in [1.54, 1.807) is 0 Å². The molecule has 0 spiro atoms. The van der Waals surface area contributed by atoms with E-state index in [-0.39, 0.29) is 0 Å². The van der Waals surface area contributed by atoms with Gasteiger partial charge in [0.15, 0.2) is 0 Å². The number of allylic oxidation sites excluding steroid dienone is 2. The number of benzene rings is 2. The lowest BCUT2D eigenvalue weighted by molar-refractivity contribution is 0.577. The molecule has 0 N–H and O–H groups in total. The molecule has 0 aromatic heterocycles. The topological polar surface area (TPSA) is 0 Å². The van der Waals surface area contributed by atoms with E-state index in [2.05, 4.69) is 78.0 Å². The number of rotatable bonds is 3. The molecule has 0 heteroatoms. The number of hydrogen-bond donors (Lipinski definition) is 0. The molecule has 0 saturated heterocycles. The summed E-state index contributed by atoms with van der Waals surface area (Å²) in [5.74, 6) is 2.32. The lowest BCUT2D eigenvalue weighted by atomic mass is 9.74. The van der Waals surface area contributed by atoms with E-state index in [4.69, 9.17) is 0 Å². The minimum absolute atomic E-state index is 0.540. The second-order valence-electron chi connectivity index (χ2n) is 7.72. The van der Waals surface area contributed by atoms with Crippen LogP contribution >= 0.6 is 0 Å². The zero-order valence-electron chi connectivity index (χ0n) is 14.8. The quantitative estimate of drug-likeness (QED) is 0.586. The van der Waals surface area contributed by atoms with Gasteiger partial charge >= 0.3 is 0 Å². The van der Waals surface area contributed by atoms with Crippen LogP contribution in [0.4, 0.5) is 0 Å². The second-order valence-corrected chi connectivity index (χ2v) is 7.72. The number of hydrogen-bond acceptors (Lipinski definition) is 0. The van der Waals surface area contributed by atoms with Crippen LogP contribution in [0.3, 0.4) is 0 Å². The maximum Gasteiger partial charge on any atom is 0.00535 e. The Morgan fingerprint density at radius 3 is 2.18 bits per heavy atom. The van der Waals surface area contributed by atoms with Crippen molar-refractivity contribution in [3.63, 3.8) is 0 Å². The summed E-state index contributed by atoms with van der Waals surface area (Å²) in [6.45, 7) is 13.9. The van der Waals surface area contributed by atoms with Crippen LogP contribution in [0.15, 0.2) is 36.4 Å². The van der Waals surface area contributed by atoms with E-state index in [1.807, 2.05) is 0 Å². The molecule has 2 aromatic carbocycles. The van der Waals surface area contributed by atoms with Gasteiger partial charge in [0.2, 0.25) is 0 Å². The third kappa shape index (κ3) is 2.39. The van der Waals surface area contributed by atoms with E-state index < -0.39 is 0 Å². The molecule has 0 bridgehead atoms. The molecule has 3 rings (SSSR count). The molecule has 0 fully saturated rings. The highest BCUT2D eigenvalue weighted by molar-refractivity contribution is 5.99. The SMILES string of the molecule is CC(C)C1=CC(C(C)C)c2cccc3cc(C(C)C)cc1c23. The minimum Gasteiger partial charge on any atom is -0.0726 e. The summed E-state index contributed by atoms with van der Waals surface area (Å²) < 4.78 is 0. The molecule has 0 heterocycles. The Morgan fingerprint density at radius 1 is 0.864 bits per heavy atom. The summed E-state index contributed by atoms with van der Waals surface area (Å²) in [6.07, 6.45) is 2.54. The molecule has 1 aliphatic rings. The molecule has 0 nitrogen and oxygen atoms in total. The Balaban J connectivity index is 2.37. The summed E-state index contributed by atoms with van der Waals surface area (Å²) in [6, 6.07) is 11.7.